The average molecular weight is 166 g/mol. The Labute approximate surface area is 72.2 Å². The number of nitrogens with one attached hydrogen (secondary N) is 1. The summed E-state index contributed by atoms with van der Waals surface area (Å²) in [5.74, 6) is 1.82. The van der Waals surface area contributed by atoms with E-state index in [1.165, 1.54) is 19.2 Å². The lowest BCUT2D eigenvalue weighted by molar-refractivity contribution is 0.433. The van der Waals surface area contributed by atoms with Gasteiger partial charge in [-0.1, -0.05) is 0 Å². The van der Waals surface area contributed by atoms with Crippen LogP contribution >= 0.6 is 0 Å². The molecule has 1 aliphatic rings. The number of hydrogen-bond acceptors (Lipinski definition) is 3. The van der Waals surface area contributed by atoms with Crippen LogP contribution in [0.1, 0.15) is 25.5 Å². The molecular weight excluding hydrogens is 152 g/mol. The first-order valence-electron chi connectivity index (χ1n) is 4.47. The summed E-state index contributed by atoms with van der Waals surface area (Å²) in [4.78, 5) is 3.85. The van der Waals surface area contributed by atoms with Gasteiger partial charge in [-0.15, -0.1) is 0 Å². The predicted molar refractivity (Wildman–Crippen MR) is 45.5 cm³/mol. The first-order valence-corrected chi connectivity index (χ1v) is 4.47. The van der Waals surface area contributed by atoms with Crippen molar-refractivity contribution in [2.75, 3.05) is 0 Å². The van der Waals surface area contributed by atoms with Crippen LogP contribution < -0.4 is 5.32 Å². The fourth-order valence-electron chi connectivity index (χ4n) is 1.35. The second-order valence-electron chi connectivity index (χ2n) is 3.47. The van der Waals surface area contributed by atoms with Gasteiger partial charge in [-0.3, -0.25) is 0 Å². The Kier molecular flexibility index (Phi) is 2.13. The molecule has 0 radical (unpaired) electrons. The van der Waals surface area contributed by atoms with Crippen molar-refractivity contribution in [3.05, 3.63) is 18.4 Å². The van der Waals surface area contributed by atoms with Crippen LogP contribution in [0.3, 0.4) is 0 Å². The molecule has 1 aliphatic carbocycles. The van der Waals surface area contributed by atoms with E-state index in [0.29, 0.717) is 6.04 Å². The number of hydrogen-bond donors (Lipinski definition) is 1. The second kappa shape index (κ2) is 3.27. The van der Waals surface area contributed by atoms with Crippen LogP contribution in [0.4, 0.5) is 0 Å². The van der Waals surface area contributed by atoms with E-state index in [4.69, 9.17) is 4.42 Å². The van der Waals surface area contributed by atoms with Crippen LogP contribution in [-0.2, 0) is 6.54 Å². The number of oxazole rings is 1. The molecule has 1 unspecified atom stereocenters. The van der Waals surface area contributed by atoms with Gasteiger partial charge < -0.3 is 9.73 Å². The van der Waals surface area contributed by atoms with Crippen molar-refractivity contribution in [3.8, 4) is 0 Å². The third-order valence-corrected chi connectivity index (χ3v) is 2.41. The zero-order valence-electron chi connectivity index (χ0n) is 7.29. The van der Waals surface area contributed by atoms with Crippen molar-refractivity contribution >= 4 is 0 Å². The molecule has 1 aromatic rings. The molecule has 3 nitrogen and oxygen atoms in total. The lowest BCUT2D eigenvalue weighted by Crippen LogP contribution is -2.26. The van der Waals surface area contributed by atoms with Gasteiger partial charge in [0.05, 0.1) is 12.7 Å². The Morgan fingerprint density at radius 2 is 2.58 bits per heavy atom. The minimum Gasteiger partial charge on any atom is -0.447 e. The van der Waals surface area contributed by atoms with Crippen molar-refractivity contribution in [1.82, 2.24) is 10.3 Å². The molecular formula is C9H14N2O. The van der Waals surface area contributed by atoms with Crippen molar-refractivity contribution < 1.29 is 4.42 Å². The van der Waals surface area contributed by atoms with Crippen molar-refractivity contribution in [2.45, 2.75) is 32.4 Å². The SMILES string of the molecule is CC(NCc1cnco1)C1CC1. The van der Waals surface area contributed by atoms with Gasteiger partial charge in [-0.05, 0) is 25.7 Å². The standard InChI is InChI=1S/C9H14N2O/c1-7(8-2-3-8)11-5-9-4-10-6-12-9/h4,6-8,11H,2-3,5H2,1H3. The van der Waals surface area contributed by atoms with Crippen LogP contribution in [0.15, 0.2) is 17.0 Å². The highest BCUT2D eigenvalue weighted by Crippen LogP contribution is 2.32. The van der Waals surface area contributed by atoms with Gasteiger partial charge in [0.25, 0.3) is 0 Å². The van der Waals surface area contributed by atoms with Crippen molar-refractivity contribution in [3.63, 3.8) is 0 Å². The zero-order valence-corrected chi connectivity index (χ0v) is 7.29. The zero-order chi connectivity index (χ0) is 8.39. The molecule has 0 amide bonds. The third kappa shape index (κ3) is 1.85. The van der Waals surface area contributed by atoms with Crippen LogP contribution in [0.2, 0.25) is 0 Å². The molecule has 66 valence electrons. The number of rotatable bonds is 4. The summed E-state index contributed by atoms with van der Waals surface area (Å²) in [5, 5.41) is 3.41. The van der Waals surface area contributed by atoms with Gasteiger partial charge in [-0.2, -0.15) is 0 Å². The Morgan fingerprint density at radius 1 is 1.75 bits per heavy atom. The normalized spacial score (nSPS) is 19.4. The Hall–Kier alpha value is -0.830. The molecule has 0 spiro atoms. The van der Waals surface area contributed by atoms with Crippen LogP contribution in [0, 0.1) is 5.92 Å². The first-order chi connectivity index (χ1) is 5.86. The highest BCUT2D eigenvalue weighted by Gasteiger charge is 2.27. The molecule has 12 heavy (non-hydrogen) atoms. The maximum Gasteiger partial charge on any atom is 0.180 e. The second-order valence-corrected chi connectivity index (χ2v) is 3.47. The highest BCUT2D eigenvalue weighted by atomic mass is 16.3. The van der Waals surface area contributed by atoms with E-state index in [1.807, 2.05) is 0 Å². The molecule has 1 fully saturated rings. The summed E-state index contributed by atoms with van der Waals surface area (Å²) in [6, 6.07) is 0.620. The molecule has 1 atom stereocenters. The van der Waals surface area contributed by atoms with Gasteiger partial charge in [0.1, 0.15) is 5.76 Å². The van der Waals surface area contributed by atoms with E-state index in [0.717, 1.165) is 18.2 Å². The fourth-order valence-corrected chi connectivity index (χ4v) is 1.35. The number of nitrogens with zero attached hydrogens (tertiary/aromatic N) is 1. The molecule has 1 heterocycles. The summed E-state index contributed by atoms with van der Waals surface area (Å²) in [6.45, 7) is 3.03. The van der Waals surface area contributed by atoms with Crippen LogP contribution in [0.5, 0.6) is 0 Å². The van der Waals surface area contributed by atoms with Gasteiger partial charge in [0.15, 0.2) is 6.39 Å². The van der Waals surface area contributed by atoms with Gasteiger partial charge in [-0.25, -0.2) is 4.98 Å². The predicted octanol–water partition coefficient (Wildman–Crippen LogP) is 1.56. The first kappa shape index (κ1) is 7.80. The minimum atomic E-state index is 0.620. The fraction of sp³-hybridized carbons (Fsp3) is 0.667. The number of aromatic nitrogens is 1. The molecule has 1 aromatic heterocycles. The lowest BCUT2D eigenvalue weighted by Gasteiger charge is -2.10. The molecule has 0 aliphatic heterocycles. The maximum absolute atomic E-state index is 5.11. The molecule has 3 heteroatoms. The molecule has 1 saturated carbocycles. The van der Waals surface area contributed by atoms with Gasteiger partial charge in [0.2, 0.25) is 0 Å². The summed E-state index contributed by atoms with van der Waals surface area (Å²) >= 11 is 0. The quantitative estimate of drug-likeness (QED) is 0.737. The lowest BCUT2D eigenvalue weighted by atomic mass is 10.2. The van der Waals surface area contributed by atoms with E-state index in [-0.39, 0.29) is 0 Å². The Morgan fingerprint density at radius 3 is 3.17 bits per heavy atom. The van der Waals surface area contributed by atoms with Gasteiger partial charge >= 0.3 is 0 Å². The summed E-state index contributed by atoms with van der Waals surface area (Å²) < 4.78 is 5.11. The van der Waals surface area contributed by atoms with Crippen molar-refractivity contribution in [2.24, 2.45) is 5.92 Å². The molecule has 0 aromatic carbocycles. The highest BCUT2D eigenvalue weighted by molar-refractivity contribution is 4.90. The summed E-state index contributed by atoms with van der Waals surface area (Å²) in [5.41, 5.74) is 0. The largest absolute Gasteiger partial charge is 0.447 e. The molecule has 2 rings (SSSR count). The molecule has 0 bridgehead atoms. The van der Waals surface area contributed by atoms with E-state index >= 15 is 0 Å². The van der Waals surface area contributed by atoms with E-state index in [9.17, 15) is 0 Å². The Bertz CT molecular complexity index is 229. The summed E-state index contributed by atoms with van der Waals surface area (Å²) in [6.07, 6.45) is 5.99. The van der Waals surface area contributed by atoms with Crippen molar-refractivity contribution in [1.29, 1.82) is 0 Å². The van der Waals surface area contributed by atoms with E-state index in [2.05, 4.69) is 17.2 Å². The maximum atomic E-state index is 5.11. The van der Waals surface area contributed by atoms with E-state index in [1.54, 1.807) is 6.20 Å². The monoisotopic (exact) mass is 166 g/mol. The molecule has 1 N–H and O–H groups in total. The van der Waals surface area contributed by atoms with Gasteiger partial charge in [0, 0.05) is 6.04 Å². The average Bonchev–Trinajstić information content (AvgIpc) is 2.80. The van der Waals surface area contributed by atoms with E-state index < -0.39 is 0 Å². The molecule has 0 saturated heterocycles. The summed E-state index contributed by atoms with van der Waals surface area (Å²) in [7, 11) is 0. The Balaban J connectivity index is 1.74. The topological polar surface area (TPSA) is 38.1 Å². The van der Waals surface area contributed by atoms with Crippen LogP contribution in [-0.4, -0.2) is 11.0 Å². The smallest absolute Gasteiger partial charge is 0.180 e. The minimum absolute atomic E-state index is 0.620. The van der Waals surface area contributed by atoms with Crippen LogP contribution in [0.25, 0.3) is 0 Å². The third-order valence-electron chi connectivity index (χ3n) is 2.41.